The van der Waals surface area contributed by atoms with Crippen LogP contribution in [-0.4, -0.2) is 23.6 Å². The van der Waals surface area contributed by atoms with Gasteiger partial charge in [-0.3, -0.25) is 0 Å². The number of carbonyl (C=O) groups excluding carboxylic acids is 2. The number of furan rings is 1. The van der Waals surface area contributed by atoms with Crippen LogP contribution in [0.25, 0.3) is 21.9 Å². The molecular formula is C21H16NO6-. The molecule has 0 amide bonds. The first-order valence-corrected chi connectivity index (χ1v) is 8.57. The number of para-hydroxylation sites is 1. The molecule has 0 N–H and O–H groups in total. The number of hydrogen-bond acceptors (Lipinski definition) is 6. The van der Waals surface area contributed by atoms with Crippen LogP contribution in [0.5, 0.6) is 5.75 Å². The van der Waals surface area contributed by atoms with Crippen LogP contribution in [0.1, 0.15) is 16.2 Å². The van der Waals surface area contributed by atoms with Gasteiger partial charge in [0.1, 0.15) is 29.4 Å². The van der Waals surface area contributed by atoms with Gasteiger partial charge in [-0.15, -0.1) is 0 Å². The maximum absolute atomic E-state index is 12.6. The summed E-state index contributed by atoms with van der Waals surface area (Å²) in [5, 5.41) is 12.7. The predicted molar refractivity (Wildman–Crippen MR) is 98.8 cm³/mol. The van der Waals surface area contributed by atoms with Crippen molar-refractivity contribution in [3.8, 4) is 5.75 Å². The van der Waals surface area contributed by atoms with Gasteiger partial charge in [-0.2, -0.15) is 0 Å². The molecule has 0 bridgehead atoms. The van der Waals surface area contributed by atoms with Crippen LogP contribution in [0, 0.1) is 0 Å². The van der Waals surface area contributed by atoms with Gasteiger partial charge < -0.3 is 28.4 Å². The average molecular weight is 378 g/mol. The van der Waals surface area contributed by atoms with E-state index < -0.39 is 18.5 Å². The molecule has 0 atom stereocenters. The molecule has 2 aromatic heterocycles. The molecule has 0 aliphatic carbocycles. The van der Waals surface area contributed by atoms with Gasteiger partial charge in [0.15, 0.2) is 0 Å². The molecule has 4 aromatic rings. The first-order chi connectivity index (χ1) is 13.5. The summed E-state index contributed by atoms with van der Waals surface area (Å²) in [6.45, 7) is -0.533. The number of aliphatic carboxylic acids is 1. The Morgan fingerprint density at radius 2 is 1.89 bits per heavy atom. The third-order valence-electron chi connectivity index (χ3n) is 4.43. The molecule has 2 heterocycles. The summed E-state index contributed by atoms with van der Waals surface area (Å²) in [5.41, 5.74) is 1.39. The number of methoxy groups -OCH3 is 1. The molecule has 2 aromatic carbocycles. The van der Waals surface area contributed by atoms with E-state index in [1.54, 1.807) is 30.3 Å². The lowest BCUT2D eigenvalue weighted by Gasteiger charge is -2.11. The first-order valence-electron chi connectivity index (χ1n) is 8.57. The number of benzene rings is 2. The second-order valence-electron chi connectivity index (χ2n) is 6.24. The fourth-order valence-electron chi connectivity index (χ4n) is 3.16. The molecule has 7 heteroatoms. The van der Waals surface area contributed by atoms with Gasteiger partial charge in [-0.25, -0.2) is 4.79 Å². The van der Waals surface area contributed by atoms with E-state index in [1.165, 1.54) is 11.7 Å². The molecule has 0 radical (unpaired) electrons. The Hall–Kier alpha value is -3.74. The molecule has 4 rings (SSSR count). The SMILES string of the molecule is COc1ccc2c(c1)cc(C(=O)OCc1cc3ccccc3o1)n2CC(=O)[O-]. The number of carboxylic acids is 1. The average Bonchev–Trinajstić information content (AvgIpc) is 3.26. The highest BCUT2D eigenvalue weighted by molar-refractivity contribution is 5.96. The highest BCUT2D eigenvalue weighted by Crippen LogP contribution is 2.26. The molecular weight excluding hydrogens is 362 g/mol. The summed E-state index contributed by atoms with van der Waals surface area (Å²) in [6, 6.07) is 15.9. The molecule has 0 unspecified atom stereocenters. The van der Waals surface area contributed by atoms with Crippen molar-refractivity contribution in [3.05, 3.63) is 66.1 Å². The van der Waals surface area contributed by atoms with Crippen molar-refractivity contribution in [3.63, 3.8) is 0 Å². The van der Waals surface area contributed by atoms with Crippen LogP contribution < -0.4 is 9.84 Å². The van der Waals surface area contributed by atoms with E-state index in [4.69, 9.17) is 13.9 Å². The zero-order valence-corrected chi connectivity index (χ0v) is 15.0. The van der Waals surface area contributed by atoms with E-state index >= 15 is 0 Å². The van der Waals surface area contributed by atoms with Crippen LogP contribution >= 0.6 is 0 Å². The molecule has 0 aliphatic heterocycles. The summed E-state index contributed by atoms with van der Waals surface area (Å²) < 4.78 is 17.5. The zero-order chi connectivity index (χ0) is 19.7. The molecule has 28 heavy (non-hydrogen) atoms. The van der Waals surface area contributed by atoms with Crippen LogP contribution in [0.2, 0.25) is 0 Å². The highest BCUT2D eigenvalue weighted by atomic mass is 16.5. The minimum absolute atomic E-state index is 0.0658. The van der Waals surface area contributed by atoms with Gasteiger partial charge in [-0.05, 0) is 36.4 Å². The van der Waals surface area contributed by atoms with E-state index in [0.717, 1.165) is 5.39 Å². The van der Waals surface area contributed by atoms with Crippen molar-refractivity contribution in [1.29, 1.82) is 0 Å². The minimum Gasteiger partial charge on any atom is -0.548 e. The topological polar surface area (TPSA) is 93.7 Å². The summed E-state index contributed by atoms with van der Waals surface area (Å²) in [5.74, 6) is -0.865. The van der Waals surface area contributed by atoms with E-state index in [-0.39, 0.29) is 12.3 Å². The minimum atomic E-state index is -1.31. The monoisotopic (exact) mass is 378 g/mol. The molecule has 0 fully saturated rings. The Kier molecular flexibility index (Phi) is 4.49. The number of ether oxygens (including phenoxy) is 2. The van der Waals surface area contributed by atoms with Gasteiger partial charge in [0.05, 0.1) is 19.6 Å². The highest BCUT2D eigenvalue weighted by Gasteiger charge is 2.18. The summed E-state index contributed by atoms with van der Waals surface area (Å²) >= 11 is 0. The van der Waals surface area contributed by atoms with Crippen molar-refractivity contribution < 1.29 is 28.6 Å². The van der Waals surface area contributed by atoms with Crippen LogP contribution in [0.4, 0.5) is 0 Å². The standard InChI is InChI=1S/C21H17NO6/c1-26-15-6-7-17-14(9-15)10-18(22(17)11-20(23)24)21(25)27-12-16-8-13-4-2-3-5-19(13)28-16/h2-10H,11-12H2,1H3,(H,23,24)/p-1. The molecule has 7 nitrogen and oxygen atoms in total. The van der Waals surface area contributed by atoms with E-state index in [1.807, 2.05) is 24.3 Å². The number of fused-ring (bicyclic) bond motifs is 2. The summed E-state index contributed by atoms with van der Waals surface area (Å²) in [4.78, 5) is 23.8. The van der Waals surface area contributed by atoms with Gasteiger partial charge in [-0.1, -0.05) is 18.2 Å². The Labute approximate surface area is 159 Å². The summed E-state index contributed by atoms with van der Waals surface area (Å²) in [7, 11) is 1.53. The van der Waals surface area contributed by atoms with E-state index in [9.17, 15) is 14.7 Å². The van der Waals surface area contributed by atoms with Crippen molar-refractivity contribution in [1.82, 2.24) is 4.57 Å². The number of rotatable bonds is 6. The Morgan fingerprint density at radius 1 is 1.07 bits per heavy atom. The smallest absolute Gasteiger partial charge is 0.355 e. The lowest BCUT2D eigenvalue weighted by molar-refractivity contribution is -0.306. The first kappa shape index (κ1) is 17.7. The zero-order valence-electron chi connectivity index (χ0n) is 15.0. The van der Waals surface area contributed by atoms with Gasteiger partial charge in [0.2, 0.25) is 0 Å². The Bertz CT molecular complexity index is 1150. The van der Waals surface area contributed by atoms with Crippen molar-refractivity contribution in [2.45, 2.75) is 13.2 Å². The van der Waals surface area contributed by atoms with Gasteiger partial charge in [0, 0.05) is 16.3 Å². The van der Waals surface area contributed by atoms with Crippen LogP contribution in [-0.2, 0) is 22.7 Å². The number of esters is 1. The Morgan fingerprint density at radius 3 is 2.64 bits per heavy atom. The lowest BCUT2D eigenvalue weighted by Crippen LogP contribution is -2.29. The molecule has 0 aliphatic rings. The predicted octanol–water partition coefficient (Wildman–Crippen LogP) is 2.50. The number of aromatic nitrogens is 1. The molecule has 0 saturated heterocycles. The maximum atomic E-state index is 12.6. The third-order valence-corrected chi connectivity index (χ3v) is 4.43. The van der Waals surface area contributed by atoms with Gasteiger partial charge in [0.25, 0.3) is 0 Å². The third kappa shape index (κ3) is 3.29. The molecule has 142 valence electrons. The van der Waals surface area contributed by atoms with Crippen LogP contribution in [0.3, 0.4) is 0 Å². The van der Waals surface area contributed by atoms with Crippen molar-refractivity contribution in [2.75, 3.05) is 7.11 Å². The number of nitrogens with zero attached hydrogens (tertiary/aromatic N) is 1. The van der Waals surface area contributed by atoms with E-state index in [2.05, 4.69) is 0 Å². The number of carbonyl (C=O) groups is 2. The summed E-state index contributed by atoms with van der Waals surface area (Å²) in [6.07, 6.45) is 0. The van der Waals surface area contributed by atoms with E-state index in [0.29, 0.717) is 28.0 Å². The van der Waals surface area contributed by atoms with Crippen molar-refractivity contribution in [2.24, 2.45) is 0 Å². The second-order valence-corrected chi connectivity index (χ2v) is 6.24. The number of carboxylic acid groups (broad SMARTS) is 1. The van der Waals surface area contributed by atoms with Crippen molar-refractivity contribution >= 4 is 33.8 Å². The maximum Gasteiger partial charge on any atom is 0.355 e. The fraction of sp³-hybridized carbons (Fsp3) is 0.143. The molecule has 0 spiro atoms. The number of hydrogen-bond donors (Lipinski definition) is 0. The largest absolute Gasteiger partial charge is 0.548 e. The quantitative estimate of drug-likeness (QED) is 0.479. The molecule has 0 saturated carbocycles. The lowest BCUT2D eigenvalue weighted by atomic mass is 10.2. The fourth-order valence-corrected chi connectivity index (χ4v) is 3.16. The second kappa shape index (κ2) is 7.11. The van der Waals surface area contributed by atoms with Gasteiger partial charge >= 0.3 is 5.97 Å². The van der Waals surface area contributed by atoms with Crippen LogP contribution in [0.15, 0.2) is 59.0 Å². The Balaban J connectivity index is 1.62. The normalized spacial score (nSPS) is 11.0.